The van der Waals surface area contributed by atoms with E-state index < -0.39 is 11.6 Å². The zero-order valence-electron chi connectivity index (χ0n) is 10.2. The average Bonchev–Trinajstić information content (AvgIpc) is 2.27. The largest absolute Gasteiger partial charge is 0.328 e. The summed E-state index contributed by atoms with van der Waals surface area (Å²) < 4.78 is 26.2. The van der Waals surface area contributed by atoms with Crippen LogP contribution in [0, 0.1) is 11.6 Å². The molecule has 0 aliphatic carbocycles. The predicted octanol–water partition coefficient (Wildman–Crippen LogP) is 3.52. The third-order valence-corrected chi connectivity index (χ3v) is 2.71. The van der Waals surface area contributed by atoms with Crippen LogP contribution in [0.2, 0.25) is 0 Å². The molecule has 0 radical (unpaired) electrons. The summed E-state index contributed by atoms with van der Waals surface area (Å²) in [5, 5.41) is 0. The predicted molar refractivity (Wildman–Crippen MR) is 69.1 cm³/mol. The first-order valence-corrected chi connectivity index (χ1v) is 5.85. The summed E-state index contributed by atoms with van der Waals surface area (Å²) in [6.07, 6.45) is 0.789. The van der Waals surface area contributed by atoms with Crippen LogP contribution in [-0.4, -0.2) is 6.04 Å². The maximum Gasteiger partial charge on any atom is 0.126 e. The van der Waals surface area contributed by atoms with Crippen molar-refractivity contribution in [3.05, 3.63) is 59.7 Å². The monoisotopic (exact) mass is 247 g/mol. The zero-order chi connectivity index (χ0) is 13.1. The number of hydrogen-bond donors (Lipinski definition) is 1. The summed E-state index contributed by atoms with van der Waals surface area (Å²) >= 11 is 0. The summed E-state index contributed by atoms with van der Waals surface area (Å²) in [6, 6.07) is 11.2. The van der Waals surface area contributed by atoms with Crippen molar-refractivity contribution >= 4 is 0 Å². The van der Waals surface area contributed by atoms with Crippen LogP contribution in [0.1, 0.15) is 12.5 Å². The molecule has 0 spiro atoms. The van der Waals surface area contributed by atoms with E-state index in [9.17, 15) is 8.78 Å². The lowest BCUT2D eigenvalue weighted by atomic mass is 10.0. The fourth-order valence-electron chi connectivity index (χ4n) is 1.93. The first-order chi connectivity index (χ1) is 8.54. The maximum atomic E-state index is 13.1. The molecule has 1 nitrogen and oxygen atoms in total. The number of halogens is 2. The minimum absolute atomic E-state index is 0.0995. The van der Waals surface area contributed by atoms with Gasteiger partial charge in [-0.2, -0.15) is 0 Å². The molecule has 2 rings (SSSR count). The van der Waals surface area contributed by atoms with Gasteiger partial charge < -0.3 is 5.73 Å². The molecule has 1 atom stereocenters. The van der Waals surface area contributed by atoms with Crippen molar-refractivity contribution in [2.75, 3.05) is 0 Å². The second-order valence-electron chi connectivity index (χ2n) is 4.54. The minimum atomic E-state index is -0.565. The Morgan fingerprint density at radius 3 is 2.00 bits per heavy atom. The number of rotatable bonds is 3. The molecule has 0 aromatic heterocycles. The molecule has 0 amide bonds. The lowest BCUT2D eigenvalue weighted by Gasteiger charge is -2.07. The highest BCUT2D eigenvalue weighted by Gasteiger charge is 2.04. The molecule has 0 heterocycles. The van der Waals surface area contributed by atoms with E-state index in [1.165, 1.54) is 12.1 Å². The Bertz CT molecular complexity index is 512. The second-order valence-corrected chi connectivity index (χ2v) is 4.54. The van der Waals surface area contributed by atoms with E-state index in [2.05, 4.69) is 0 Å². The molecular weight excluding hydrogens is 232 g/mol. The van der Waals surface area contributed by atoms with E-state index in [0.717, 1.165) is 23.6 Å². The molecule has 0 aliphatic rings. The number of nitrogens with two attached hydrogens (primary N) is 1. The Hall–Kier alpha value is -1.74. The molecule has 2 aromatic carbocycles. The van der Waals surface area contributed by atoms with Crippen LogP contribution in [-0.2, 0) is 6.42 Å². The number of benzene rings is 2. The standard InChI is InChI=1S/C15H15F2N/c1-10(18)6-11-2-4-12(5-3-11)13-7-14(16)9-15(17)8-13/h2-5,7-10H,6,18H2,1H3. The summed E-state index contributed by atoms with van der Waals surface area (Å²) in [7, 11) is 0. The van der Waals surface area contributed by atoms with Gasteiger partial charge in [0.2, 0.25) is 0 Å². The lowest BCUT2D eigenvalue weighted by Crippen LogP contribution is -2.17. The summed E-state index contributed by atoms with van der Waals surface area (Å²) in [6.45, 7) is 1.94. The quantitative estimate of drug-likeness (QED) is 0.882. The van der Waals surface area contributed by atoms with Gasteiger partial charge in [-0.1, -0.05) is 24.3 Å². The Morgan fingerprint density at radius 2 is 1.50 bits per heavy atom. The number of hydrogen-bond acceptors (Lipinski definition) is 1. The molecule has 2 N–H and O–H groups in total. The van der Waals surface area contributed by atoms with Crippen molar-refractivity contribution in [3.63, 3.8) is 0 Å². The van der Waals surface area contributed by atoms with Gasteiger partial charge in [-0.25, -0.2) is 8.78 Å². The first kappa shape index (κ1) is 12.7. The zero-order valence-corrected chi connectivity index (χ0v) is 10.2. The molecule has 0 fully saturated rings. The average molecular weight is 247 g/mol. The molecule has 2 aromatic rings. The highest BCUT2D eigenvalue weighted by molar-refractivity contribution is 5.63. The van der Waals surface area contributed by atoms with Crippen LogP contribution in [0.3, 0.4) is 0 Å². The van der Waals surface area contributed by atoms with Gasteiger partial charge in [0.25, 0.3) is 0 Å². The van der Waals surface area contributed by atoms with Crippen LogP contribution >= 0.6 is 0 Å². The van der Waals surface area contributed by atoms with Crippen LogP contribution in [0.4, 0.5) is 8.78 Å². The van der Waals surface area contributed by atoms with Crippen LogP contribution in [0.25, 0.3) is 11.1 Å². The van der Waals surface area contributed by atoms with E-state index in [4.69, 9.17) is 5.73 Å². The Labute approximate surface area is 105 Å². The summed E-state index contributed by atoms with van der Waals surface area (Å²) in [4.78, 5) is 0. The molecule has 0 bridgehead atoms. The fourth-order valence-corrected chi connectivity index (χ4v) is 1.93. The van der Waals surface area contributed by atoms with E-state index in [1.54, 1.807) is 0 Å². The van der Waals surface area contributed by atoms with Crippen LogP contribution in [0.15, 0.2) is 42.5 Å². The highest BCUT2D eigenvalue weighted by Crippen LogP contribution is 2.22. The maximum absolute atomic E-state index is 13.1. The van der Waals surface area contributed by atoms with Crippen molar-refractivity contribution in [1.82, 2.24) is 0 Å². The van der Waals surface area contributed by atoms with Gasteiger partial charge in [-0.15, -0.1) is 0 Å². The van der Waals surface area contributed by atoms with Gasteiger partial charge in [-0.3, -0.25) is 0 Å². The Balaban J connectivity index is 2.28. The molecular formula is C15H15F2N. The van der Waals surface area contributed by atoms with Gasteiger partial charge in [0.05, 0.1) is 0 Å². The third-order valence-electron chi connectivity index (χ3n) is 2.71. The van der Waals surface area contributed by atoms with Crippen molar-refractivity contribution in [2.45, 2.75) is 19.4 Å². The van der Waals surface area contributed by atoms with Crippen molar-refractivity contribution in [1.29, 1.82) is 0 Å². The first-order valence-electron chi connectivity index (χ1n) is 5.85. The normalized spacial score (nSPS) is 12.4. The van der Waals surface area contributed by atoms with Crippen molar-refractivity contribution < 1.29 is 8.78 Å². The topological polar surface area (TPSA) is 26.0 Å². The van der Waals surface area contributed by atoms with Crippen molar-refractivity contribution in [2.24, 2.45) is 5.73 Å². The highest BCUT2D eigenvalue weighted by atomic mass is 19.1. The van der Waals surface area contributed by atoms with Crippen LogP contribution < -0.4 is 5.73 Å². The third kappa shape index (κ3) is 3.14. The van der Waals surface area contributed by atoms with E-state index in [1.807, 2.05) is 31.2 Å². The molecule has 0 saturated heterocycles. The SMILES string of the molecule is CC(N)Cc1ccc(-c2cc(F)cc(F)c2)cc1. The molecule has 1 unspecified atom stereocenters. The second kappa shape index (κ2) is 5.27. The molecule has 3 heteroatoms. The Morgan fingerprint density at radius 1 is 0.944 bits per heavy atom. The van der Waals surface area contributed by atoms with Gasteiger partial charge in [-0.05, 0) is 42.2 Å². The van der Waals surface area contributed by atoms with Gasteiger partial charge >= 0.3 is 0 Å². The molecule has 0 aliphatic heterocycles. The minimum Gasteiger partial charge on any atom is -0.328 e. The van der Waals surface area contributed by atoms with Gasteiger partial charge in [0.15, 0.2) is 0 Å². The van der Waals surface area contributed by atoms with Crippen molar-refractivity contribution in [3.8, 4) is 11.1 Å². The molecule has 94 valence electrons. The summed E-state index contributed by atoms with van der Waals surface area (Å²) in [5.41, 5.74) is 8.17. The van der Waals surface area contributed by atoms with E-state index in [-0.39, 0.29) is 6.04 Å². The van der Waals surface area contributed by atoms with Crippen LogP contribution in [0.5, 0.6) is 0 Å². The van der Waals surface area contributed by atoms with Gasteiger partial charge in [0.1, 0.15) is 11.6 Å². The van der Waals surface area contributed by atoms with E-state index in [0.29, 0.717) is 5.56 Å². The van der Waals surface area contributed by atoms with Gasteiger partial charge in [0, 0.05) is 12.1 Å². The molecule has 18 heavy (non-hydrogen) atoms. The Kier molecular flexibility index (Phi) is 3.72. The van der Waals surface area contributed by atoms with E-state index >= 15 is 0 Å². The lowest BCUT2D eigenvalue weighted by molar-refractivity contribution is 0.584. The smallest absolute Gasteiger partial charge is 0.126 e. The molecule has 0 saturated carbocycles. The summed E-state index contributed by atoms with van der Waals surface area (Å²) in [5.74, 6) is -1.13. The fraction of sp³-hybridized carbons (Fsp3) is 0.200.